The molecule has 0 bridgehead atoms. The summed E-state index contributed by atoms with van der Waals surface area (Å²) in [5.74, 6) is -1.88. The lowest BCUT2D eigenvalue weighted by atomic mass is 10.1. The number of aliphatic carboxylic acids is 1. The molecule has 7 nitrogen and oxygen atoms in total. The third kappa shape index (κ3) is 3.21. The second-order valence-corrected chi connectivity index (χ2v) is 4.89. The van der Waals surface area contributed by atoms with Gasteiger partial charge < -0.3 is 24.8 Å². The van der Waals surface area contributed by atoms with Crippen LogP contribution in [0.3, 0.4) is 0 Å². The molecule has 2 amide bonds. The van der Waals surface area contributed by atoms with E-state index in [9.17, 15) is 14.0 Å². The summed E-state index contributed by atoms with van der Waals surface area (Å²) in [5, 5.41) is 11.5. The molecule has 1 unspecified atom stereocenters. The van der Waals surface area contributed by atoms with E-state index in [-0.39, 0.29) is 23.7 Å². The maximum Gasteiger partial charge on any atom is 0.321 e. The zero-order valence-corrected chi connectivity index (χ0v) is 12.3. The summed E-state index contributed by atoms with van der Waals surface area (Å²) in [4.78, 5) is 24.4. The van der Waals surface area contributed by atoms with Crippen LogP contribution in [-0.4, -0.2) is 49.3 Å². The van der Waals surface area contributed by atoms with Crippen LogP contribution in [0.15, 0.2) is 12.1 Å². The van der Waals surface area contributed by atoms with Crippen LogP contribution >= 0.6 is 0 Å². The number of carbonyl (C=O) groups excluding carboxylic acids is 1. The number of likely N-dealkylation sites (tertiary alicyclic amines) is 1. The Morgan fingerprint density at radius 1 is 1.32 bits per heavy atom. The first-order chi connectivity index (χ1) is 10.5. The Bertz CT molecular complexity index is 593. The molecular weight excluding hydrogens is 295 g/mol. The number of hydrogen-bond acceptors (Lipinski definition) is 4. The molecule has 1 fully saturated rings. The number of ether oxygens (including phenoxy) is 2. The van der Waals surface area contributed by atoms with Gasteiger partial charge in [-0.25, -0.2) is 9.18 Å². The first kappa shape index (κ1) is 15.9. The number of halogens is 1. The number of hydrogen-bond donors (Lipinski definition) is 2. The molecule has 0 radical (unpaired) electrons. The van der Waals surface area contributed by atoms with E-state index in [1.54, 1.807) is 0 Å². The van der Waals surface area contributed by atoms with Gasteiger partial charge in [-0.1, -0.05) is 0 Å². The minimum absolute atomic E-state index is 0.00182. The van der Waals surface area contributed by atoms with Gasteiger partial charge in [0.2, 0.25) is 0 Å². The van der Waals surface area contributed by atoms with E-state index < -0.39 is 23.7 Å². The van der Waals surface area contributed by atoms with Crippen LogP contribution in [0.4, 0.5) is 14.9 Å². The number of anilines is 1. The molecule has 1 aromatic rings. The Balaban J connectivity index is 2.12. The summed E-state index contributed by atoms with van der Waals surface area (Å²) >= 11 is 0. The molecule has 1 atom stereocenters. The molecule has 22 heavy (non-hydrogen) atoms. The lowest BCUT2D eigenvalue weighted by Gasteiger charge is -2.18. The molecule has 0 aliphatic carbocycles. The van der Waals surface area contributed by atoms with Gasteiger partial charge in [-0.05, 0) is 6.42 Å². The van der Waals surface area contributed by atoms with Crippen LogP contribution in [0.5, 0.6) is 11.5 Å². The van der Waals surface area contributed by atoms with Crippen molar-refractivity contribution in [3.63, 3.8) is 0 Å². The summed E-state index contributed by atoms with van der Waals surface area (Å²) < 4.78 is 23.7. The van der Waals surface area contributed by atoms with Crippen LogP contribution in [-0.2, 0) is 4.79 Å². The zero-order valence-electron chi connectivity index (χ0n) is 12.3. The molecule has 8 heteroatoms. The molecule has 1 saturated heterocycles. The quantitative estimate of drug-likeness (QED) is 0.885. The van der Waals surface area contributed by atoms with Crippen molar-refractivity contribution >= 4 is 17.7 Å². The van der Waals surface area contributed by atoms with Gasteiger partial charge in [-0.2, -0.15) is 0 Å². The third-order valence-electron chi connectivity index (χ3n) is 3.54. The predicted octanol–water partition coefficient (Wildman–Crippen LogP) is 1.78. The predicted molar refractivity (Wildman–Crippen MR) is 75.8 cm³/mol. The third-order valence-corrected chi connectivity index (χ3v) is 3.54. The molecule has 1 heterocycles. The van der Waals surface area contributed by atoms with E-state index in [2.05, 4.69) is 5.32 Å². The standard InChI is InChI=1S/C14H17FN2O5/c1-21-11-6-12(22-2)10(5-9(11)15)16-14(20)17-4-3-8(7-17)13(18)19/h5-6,8H,3-4,7H2,1-2H3,(H,16,20)(H,18,19). The Kier molecular flexibility index (Phi) is 4.69. The van der Waals surface area contributed by atoms with Crippen molar-refractivity contribution in [3.8, 4) is 11.5 Å². The van der Waals surface area contributed by atoms with Gasteiger partial charge in [0, 0.05) is 25.2 Å². The molecular formula is C14H17FN2O5. The first-order valence-corrected chi connectivity index (χ1v) is 6.66. The van der Waals surface area contributed by atoms with E-state index in [1.165, 1.54) is 25.2 Å². The lowest BCUT2D eigenvalue weighted by molar-refractivity contribution is -0.141. The molecule has 120 valence electrons. The minimum atomic E-state index is -0.927. The van der Waals surface area contributed by atoms with E-state index in [1.807, 2.05) is 0 Å². The number of nitrogens with zero attached hydrogens (tertiary/aromatic N) is 1. The van der Waals surface area contributed by atoms with Crippen molar-refractivity contribution in [3.05, 3.63) is 17.9 Å². The first-order valence-electron chi connectivity index (χ1n) is 6.66. The van der Waals surface area contributed by atoms with E-state index in [4.69, 9.17) is 14.6 Å². The SMILES string of the molecule is COc1cc(OC)c(NC(=O)N2CCC(C(=O)O)C2)cc1F. The average Bonchev–Trinajstić information content (AvgIpc) is 2.97. The number of amides is 2. The van der Waals surface area contributed by atoms with E-state index >= 15 is 0 Å². The number of urea groups is 1. The van der Waals surface area contributed by atoms with Gasteiger partial charge in [0.15, 0.2) is 11.6 Å². The summed E-state index contributed by atoms with van der Waals surface area (Å²) in [6.45, 7) is 0.464. The Labute approximate surface area is 126 Å². The Morgan fingerprint density at radius 3 is 2.55 bits per heavy atom. The summed E-state index contributed by atoms with van der Waals surface area (Å²) in [7, 11) is 2.71. The smallest absolute Gasteiger partial charge is 0.321 e. The van der Waals surface area contributed by atoms with Crippen LogP contribution in [0.25, 0.3) is 0 Å². The molecule has 0 aromatic heterocycles. The fourth-order valence-corrected chi connectivity index (χ4v) is 2.30. The number of carboxylic acid groups (broad SMARTS) is 1. The summed E-state index contributed by atoms with van der Waals surface area (Å²) in [6, 6.07) is 1.93. The molecule has 0 spiro atoms. The van der Waals surface area contributed by atoms with Crippen LogP contribution in [0.2, 0.25) is 0 Å². The van der Waals surface area contributed by atoms with Crippen molar-refractivity contribution in [2.75, 3.05) is 32.6 Å². The number of benzene rings is 1. The number of methoxy groups -OCH3 is 2. The minimum Gasteiger partial charge on any atom is -0.494 e. The second kappa shape index (κ2) is 6.50. The summed E-state index contributed by atoms with van der Waals surface area (Å²) in [6.07, 6.45) is 0.400. The highest BCUT2D eigenvalue weighted by atomic mass is 19.1. The number of rotatable bonds is 4. The fourth-order valence-electron chi connectivity index (χ4n) is 2.30. The van der Waals surface area contributed by atoms with Gasteiger partial charge in [-0.3, -0.25) is 4.79 Å². The van der Waals surface area contributed by atoms with Gasteiger partial charge in [-0.15, -0.1) is 0 Å². The van der Waals surface area contributed by atoms with Gasteiger partial charge in [0.1, 0.15) is 5.75 Å². The van der Waals surface area contributed by atoms with E-state index in [0.29, 0.717) is 13.0 Å². The topological polar surface area (TPSA) is 88.1 Å². The fraction of sp³-hybridized carbons (Fsp3) is 0.429. The van der Waals surface area contributed by atoms with Crippen LogP contribution in [0.1, 0.15) is 6.42 Å². The maximum atomic E-state index is 13.7. The van der Waals surface area contributed by atoms with Gasteiger partial charge >= 0.3 is 12.0 Å². The van der Waals surface area contributed by atoms with Crippen LogP contribution in [0, 0.1) is 11.7 Å². The molecule has 2 rings (SSSR count). The Morgan fingerprint density at radius 2 is 2.00 bits per heavy atom. The number of nitrogens with one attached hydrogen (secondary N) is 1. The highest BCUT2D eigenvalue weighted by molar-refractivity contribution is 5.91. The molecule has 1 aliphatic heterocycles. The zero-order chi connectivity index (χ0) is 16.3. The van der Waals surface area contributed by atoms with Crippen molar-refractivity contribution in [2.24, 2.45) is 5.92 Å². The van der Waals surface area contributed by atoms with Crippen molar-refractivity contribution in [1.29, 1.82) is 0 Å². The highest BCUT2D eigenvalue weighted by Crippen LogP contribution is 2.32. The molecule has 1 aliphatic rings. The van der Waals surface area contributed by atoms with Gasteiger partial charge in [0.05, 0.1) is 25.8 Å². The average molecular weight is 312 g/mol. The highest BCUT2D eigenvalue weighted by Gasteiger charge is 2.31. The van der Waals surface area contributed by atoms with Crippen LogP contribution < -0.4 is 14.8 Å². The lowest BCUT2D eigenvalue weighted by Crippen LogP contribution is -2.33. The van der Waals surface area contributed by atoms with Crippen molar-refractivity contribution in [1.82, 2.24) is 4.90 Å². The maximum absolute atomic E-state index is 13.7. The van der Waals surface area contributed by atoms with E-state index in [0.717, 1.165) is 6.07 Å². The number of carbonyl (C=O) groups is 2. The van der Waals surface area contributed by atoms with Gasteiger partial charge in [0.25, 0.3) is 0 Å². The van der Waals surface area contributed by atoms with Crippen molar-refractivity contribution < 1.29 is 28.6 Å². The largest absolute Gasteiger partial charge is 0.494 e. The monoisotopic (exact) mass is 312 g/mol. The molecule has 1 aromatic carbocycles. The second-order valence-electron chi connectivity index (χ2n) is 4.89. The van der Waals surface area contributed by atoms with Crippen molar-refractivity contribution in [2.45, 2.75) is 6.42 Å². The Hall–Kier alpha value is -2.51. The summed E-state index contributed by atoms with van der Waals surface area (Å²) in [5.41, 5.74) is 0.157. The molecule has 2 N–H and O–H groups in total. The normalized spacial score (nSPS) is 17.2. The molecule has 0 saturated carbocycles. The number of carboxylic acids is 1.